The molecule has 0 bridgehead atoms. The Kier molecular flexibility index (Phi) is 10.9. The van der Waals surface area contributed by atoms with Crippen LogP contribution in [0.3, 0.4) is 0 Å². The maximum Gasteiger partial charge on any atom is 0.408 e. The van der Waals surface area contributed by atoms with Crippen molar-refractivity contribution in [2.45, 2.75) is 90.8 Å². The third-order valence-corrected chi connectivity index (χ3v) is 6.71. The van der Waals surface area contributed by atoms with Crippen LogP contribution in [-0.2, 0) is 14.3 Å². The third kappa shape index (κ3) is 9.21. The highest BCUT2D eigenvalue weighted by molar-refractivity contribution is 6.15. The van der Waals surface area contributed by atoms with Gasteiger partial charge in [-0.15, -0.1) is 0 Å². The number of nitrogens with one attached hydrogen (secondary N) is 2. The second-order valence-corrected chi connectivity index (χ2v) is 11.9. The van der Waals surface area contributed by atoms with Gasteiger partial charge in [-0.1, -0.05) is 75.6 Å². The van der Waals surface area contributed by atoms with Gasteiger partial charge in [0.05, 0.1) is 5.69 Å². The Bertz CT molecular complexity index is 1170. The lowest BCUT2D eigenvalue weighted by molar-refractivity contribution is -0.125. The van der Waals surface area contributed by atoms with Crippen LogP contribution in [0.2, 0.25) is 0 Å². The molecule has 3 rings (SSSR count). The highest BCUT2D eigenvalue weighted by Gasteiger charge is 2.33. The van der Waals surface area contributed by atoms with Crippen molar-refractivity contribution in [1.29, 1.82) is 0 Å². The third-order valence-electron chi connectivity index (χ3n) is 6.71. The Morgan fingerprint density at radius 1 is 0.925 bits per heavy atom. The largest absolute Gasteiger partial charge is 0.444 e. The van der Waals surface area contributed by atoms with Gasteiger partial charge in [-0.3, -0.25) is 14.4 Å². The Labute approximate surface area is 237 Å². The molecule has 8 nitrogen and oxygen atoms in total. The molecule has 0 aliphatic heterocycles. The van der Waals surface area contributed by atoms with Crippen molar-refractivity contribution < 1.29 is 23.9 Å². The Morgan fingerprint density at radius 3 is 2.17 bits per heavy atom. The molecule has 1 atom stereocenters. The first-order valence-corrected chi connectivity index (χ1v) is 14.2. The van der Waals surface area contributed by atoms with E-state index in [9.17, 15) is 19.2 Å². The summed E-state index contributed by atoms with van der Waals surface area (Å²) in [6, 6.07) is 14.7. The average molecular weight is 550 g/mol. The smallest absolute Gasteiger partial charge is 0.408 e. The second-order valence-electron chi connectivity index (χ2n) is 11.9. The SMILES string of the molecule is CC(C)C[C@H](NC(=O)OC(C)(C)C)C(=O)N(CC(=O)NC1CCCCC1)c1ccccc1C(=O)c1ccccc1. The number of benzene rings is 2. The molecule has 1 aliphatic carbocycles. The van der Waals surface area contributed by atoms with Gasteiger partial charge in [0.2, 0.25) is 11.8 Å². The normalized spacial score (nSPS) is 14.8. The first-order chi connectivity index (χ1) is 18.9. The van der Waals surface area contributed by atoms with Crippen LogP contribution in [0.5, 0.6) is 0 Å². The minimum absolute atomic E-state index is 0.0583. The van der Waals surface area contributed by atoms with Gasteiger partial charge >= 0.3 is 6.09 Å². The van der Waals surface area contributed by atoms with Crippen molar-refractivity contribution in [1.82, 2.24) is 10.6 Å². The fourth-order valence-electron chi connectivity index (χ4n) is 4.92. The van der Waals surface area contributed by atoms with E-state index < -0.39 is 23.6 Å². The zero-order valence-corrected chi connectivity index (χ0v) is 24.4. The molecule has 1 aliphatic rings. The molecular formula is C32H43N3O5. The number of nitrogens with zero attached hydrogens (tertiary/aromatic N) is 1. The van der Waals surface area contributed by atoms with Crippen molar-refractivity contribution in [2.75, 3.05) is 11.4 Å². The fraction of sp³-hybridized carbons (Fsp3) is 0.500. The lowest BCUT2D eigenvalue weighted by atomic mass is 9.95. The molecule has 0 radical (unpaired) electrons. The molecule has 0 saturated heterocycles. The van der Waals surface area contributed by atoms with E-state index in [2.05, 4.69) is 10.6 Å². The van der Waals surface area contributed by atoms with E-state index in [0.717, 1.165) is 32.1 Å². The van der Waals surface area contributed by atoms with Crippen molar-refractivity contribution in [3.05, 3.63) is 65.7 Å². The molecule has 2 aromatic rings. The fourth-order valence-corrected chi connectivity index (χ4v) is 4.92. The zero-order valence-electron chi connectivity index (χ0n) is 24.4. The predicted octanol–water partition coefficient (Wildman–Crippen LogP) is 5.64. The van der Waals surface area contributed by atoms with Gasteiger partial charge in [-0.2, -0.15) is 0 Å². The number of para-hydroxylation sites is 1. The molecule has 1 saturated carbocycles. The molecule has 0 heterocycles. The summed E-state index contributed by atoms with van der Waals surface area (Å²) in [5, 5.41) is 5.80. The van der Waals surface area contributed by atoms with Crippen LogP contribution in [0.1, 0.15) is 89.1 Å². The highest BCUT2D eigenvalue weighted by atomic mass is 16.6. The number of carbonyl (C=O) groups is 4. The van der Waals surface area contributed by atoms with E-state index in [4.69, 9.17) is 4.74 Å². The Balaban J connectivity index is 1.98. The van der Waals surface area contributed by atoms with E-state index >= 15 is 0 Å². The number of rotatable bonds is 10. The van der Waals surface area contributed by atoms with Crippen molar-refractivity contribution in [3.8, 4) is 0 Å². The molecule has 3 amide bonds. The Morgan fingerprint density at radius 2 is 1.55 bits per heavy atom. The van der Waals surface area contributed by atoms with Gasteiger partial charge in [0.15, 0.2) is 5.78 Å². The number of hydrogen-bond donors (Lipinski definition) is 2. The molecule has 2 N–H and O–H groups in total. The van der Waals surface area contributed by atoms with Crippen LogP contribution in [0.25, 0.3) is 0 Å². The minimum atomic E-state index is -0.961. The summed E-state index contributed by atoms with van der Waals surface area (Å²) in [5.41, 5.74) is 0.344. The molecule has 0 spiro atoms. The van der Waals surface area contributed by atoms with Crippen molar-refractivity contribution in [3.63, 3.8) is 0 Å². The average Bonchev–Trinajstić information content (AvgIpc) is 2.90. The Hall–Kier alpha value is -3.68. The predicted molar refractivity (Wildman–Crippen MR) is 156 cm³/mol. The van der Waals surface area contributed by atoms with Gasteiger partial charge in [0.25, 0.3) is 0 Å². The molecule has 1 fully saturated rings. The maximum absolute atomic E-state index is 14.2. The summed E-state index contributed by atoms with van der Waals surface area (Å²) in [5.74, 6) is -0.986. The summed E-state index contributed by atoms with van der Waals surface area (Å²) >= 11 is 0. The molecule has 216 valence electrons. The van der Waals surface area contributed by atoms with Crippen LogP contribution in [-0.4, -0.2) is 47.9 Å². The van der Waals surface area contributed by atoms with Gasteiger partial charge < -0.3 is 20.3 Å². The first-order valence-electron chi connectivity index (χ1n) is 14.2. The van der Waals surface area contributed by atoms with Crippen LogP contribution in [0.4, 0.5) is 10.5 Å². The van der Waals surface area contributed by atoms with Gasteiger partial charge in [0.1, 0.15) is 18.2 Å². The lowest BCUT2D eigenvalue weighted by Gasteiger charge is -2.31. The highest BCUT2D eigenvalue weighted by Crippen LogP contribution is 2.26. The summed E-state index contributed by atoms with van der Waals surface area (Å²) < 4.78 is 5.43. The quantitative estimate of drug-likeness (QED) is 0.373. The number of alkyl carbamates (subject to hydrolysis) is 1. The molecule has 40 heavy (non-hydrogen) atoms. The number of hydrogen-bond acceptors (Lipinski definition) is 5. The van der Waals surface area contributed by atoms with Crippen LogP contribution in [0, 0.1) is 5.92 Å². The van der Waals surface area contributed by atoms with E-state index in [1.807, 2.05) is 19.9 Å². The summed E-state index contributed by atoms with van der Waals surface area (Å²) in [4.78, 5) is 55.1. The topological polar surface area (TPSA) is 105 Å². The number of carbonyl (C=O) groups excluding carboxylic acids is 4. The van der Waals surface area contributed by atoms with Gasteiger partial charge in [-0.05, 0) is 58.1 Å². The lowest BCUT2D eigenvalue weighted by Crippen LogP contribution is -2.53. The molecule has 0 unspecified atom stereocenters. The molecule has 0 aromatic heterocycles. The molecule has 2 aromatic carbocycles. The first kappa shape index (κ1) is 30.9. The summed E-state index contributed by atoms with van der Waals surface area (Å²) in [6.07, 6.45) is 4.67. The van der Waals surface area contributed by atoms with Gasteiger partial charge in [0, 0.05) is 17.2 Å². The van der Waals surface area contributed by atoms with E-state index in [1.54, 1.807) is 69.3 Å². The number of ether oxygens (including phenoxy) is 1. The van der Waals surface area contributed by atoms with Crippen LogP contribution in [0.15, 0.2) is 54.6 Å². The van der Waals surface area contributed by atoms with Gasteiger partial charge in [-0.25, -0.2) is 4.79 Å². The molecule has 8 heteroatoms. The maximum atomic E-state index is 14.2. The van der Waals surface area contributed by atoms with Crippen molar-refractivity contribution in [2.24, 2.45) is 5.92 Å². The zero-order chi connectivity index (χ0) is 29.3. The minimum Gasteiger partial charge on any atom is -0.444 e. The monoisotopic (exact) mass is 549 g/mol. The summed E-state index contributed by atoms with van der Waals surface area (Å²) in [6.45, 7) is 8.87. The molecular weight excluding hydrogens is 506 g/mol. The van der Waals surface area contributed by atoms with E-state index in [0.29, 0.717) is 23.2 Å². The van der Waals surface area contributed by atoms with E-state index in [-0.39, 0.29) is 30.2 Å². The standard InChI is InChI=1S/C32H43N3O5/c1-22(2)20-26(34-31(39)40-32(3,4)5)30(38)35(21-28(36)33-24-16-10-7-11-17-24)27-19-13-12-18-25(27)29(37)23-14-8-6-9-15-23/h6,8-9,12-15,18-19,22,24,26H,7,10-11,16-17,20-21H2,1-5H3,(H,33,36)(H,34,39)/t26-/m0/s1. The number of amides is 3. The summed E-state index contributed by atoms with van der Waals surface area (Å²) in [7, 11) is 0. The van der Waals surface area contributed by atoms with Crippen molar-refractivity contribution >= 4 is 29.4 Å². The second kappa shape index (κ2) is 14.1. The number of ketones is 1. The van der Waals surface area contributed by atoms with Crippen LogP contribution >= 0.6 is 0 Å². The number of anilines is 1. The van der Waals surface area contributed by atoms with E-state index in [1.165, 1.54) is 4.90 Å². The van der Waals surface area contributed by atoms with Crippen LogP contribution < -0.4 is 15.5 Å².